The van der Waals surface area contributed by atoms with Gasteiger partial charge in [0.1, 0.15) is 11.1 Å². The van der Waals surface area contributed by atoms with Crippen LogP contribution in [0.2, 0.25) is 0 Å². The molecule has 4 aromatic heterocycles. The Kier molecular flexibility index (Phi) is 6.15. The van der Waals surface area contributed by atoms with E-state index in [1.165, 1.54) is 0 Å². The van der Waals surface area contributed by atoms with Crippen molar-refractivity contribution < 1.29 is 14.6 Å². The van der Waals surface area contributed by atoms with Crippen molar-refractivity contribution >= 4 is 28.6 Å². The molecule has 6 rings (SSSR count). The van der Waals surface area contributed by atoms with Crippen LogP contribution in [0.3, 0.4) is 0 Å². The van der Waals surface area contributed by atoms with Crippen LogP contribution in [0.1, 0.15) is 42.2 Å². The van der Waals surface area contributed by atoms with Gasteiger partial charge in [-0.15, -0.1) is 10.2 Å². The van der Waals surface area contributed by atoms with Gasteiger partial charge in [0, 0.05) is 23.8 Å². The number of nitrogens with one attached hydrogen (secondary N) is 2. The van der Waals surface area contributed by atoms with Crippen molar-refractivity contribution in [2.24, 2.45) is 0 Å². The average Bonchev–Trinajstić information content (AvgIpc) is 3.53. The third kappa shape index (κ3) is 4.71. The topological polar surface area (TPSA) is 150 Å². The molecule has 1 saturated carbocycles. The lowest BCUT2D eigenvalue weighted by Crippen LogP contribution is -2.40. The Hall–Kier alpha value is -4.08. The molecule has 188 valence electrons. The molecule has 0 spiro atoms. The van der Waals surface area contributed by atoms with Crippen LogP contribution >= 0.6 is 11.3 Å². The third-order valence-electron chi connectivity index (χ3n) is 6.87. The van der Waals surface area contributed by atoms with Crippen molar-refractivity contribution in [1.82, 2.24) is 30.1 Å². The Morgan fingerprint density at radius 3 is 2.70 bits per heavy atom. The molecule has 1 saturated heterocycles. The van der Waals surface area contributed by atoms with E-state index in [9.17, 15) is 10.1 Å². The fourth-order valence-corrected chi connectivity index (χ4v) is 5.88. The average molecular weight is 517 g/mol. The maximum Gasteiger partial charge on any atom is 0.404 e. The van der Waals surface area contributed by atoms with E-state index in [-0.39, 0.29) is 18.0 Å². The largest absolute Gasteiger partial charge is 0.465 e. The van der Waals surface area contributed by atoms with Crippen molar-refractivity contribution in [3.05, 3.63) is 47.2 Å². The molecule has 2 aliphatic rings. The predicted molar refractivity (Wildman–Crippen MR) is 136 cm³/mol. The summed E-state index contributed by atoms with van der Waals surface area (Å²) in [5, 5.41) is 39.5. The summed E-state index contributed by atoms with van der Waals surface area (Å²) >= 11 is 1.57. The highest BCUT2D eigenvalue weighted by Gasteiger charge is 2.27. The van der Waals surface area contributed by atoms with Crippen molar-refractivity contribution in [3.63, 3.8) is 0 Å². The summed E-state index contributed by atoms with van der Waals surface area (Å²) in [5.74, 6) is 0.276. The number of pyridine rings is 1. The lowest BCUT2D eigenvalue weighted by atomic mass is 9.86. The van der Waals surface area contributed by atoms with E-state index < -0.39 is 6.09 Å². The van der Waals surface area contributed by atoms with E-state index in [1.807, 2.05) is 24.4 Å². The summed E-state index contributed by atoms with van der Waals surface area (Å²) in [7, 11) is 0. The van der Waals surface area contributed by atoms with Crippen LogP contribution in [0.25, 0.3) is 27.5 Å². The Morgan fingerprint density at radius 2 is 1.97 bits per heavy atom. The second kappa shape index (κ2) is 9.76. The molecule has 1 amide bonds. The summed E-state index contributed by atoms with van der Waals surface area (Å²) in [6.07, 6.45) is 5.75. The molecule has 0 radical (unpaired) electrons. The summed E-state index contributed by atoms with van der Waals surface area (Å²) in [5.41, 5.74) is 4.68. The summed E-state index contributed by atoms with van der Waals surface area (Å²) in [6.45, 7) is 1.28. The molecule has 37 heavy (non-hydrogen) atoms. The smallest absolute Gasteiger partial charge is 0.404 e. The van der Waals surface area contributed by atoms with Crippen LogP contribution in [0.15, 0.2) is 36.7 Å². The zero-order chi connectivity index (χ0) is 25.4. The minimum absolute atomic E-state index is 0.00417. The monoisotopic (exact) mass is 516 g/mol. The predicted octanol–water partition coefficient (Wildman–Crippen LogP) is 3.89. The zero-order valence-corrected chi connectivity index (χ0v) is 20.6. The van der Waals surface area contributed by atoms with E-state index in [4.69, 9.17) is 14.8 Å². The molecular weight excluding hydrogens is 492 g/mol. The quantitative estimate of drug-likeness (QED) is 0.347. The maximum atomic E-state index is 10.9. The van der Waals surface area contributed by atoms with Gasteiger partial charge in [-0.25, -0.2) is 9.31 Å². The highest BCUT2D eigenvalue weighted by Crippen LogP contribution is 2.39. The maximum absolute atomic E-state index is 10.9. The van der Waals surface area contributed by atoms with Crippen LogP contribution in [-0.4, -0.2) is 61.3 Å². The van der Waals surface area contributed by atoms with Crippen LogP contribution in [-0.2, 0) is 4.74 Å². The molecule has 0 aromatic carbocycles. The first kappa shape index (κ1) is 23.3. The molecule has 11 nitrogen and oxygen atoms in total. The molecule has 5 heterocycles. The number of carbonyl (C=O) groups is 1. The fourth-order valence-electron chi connectivity index (χ4n) is 4.85. The SMILES string of the molecule is N#Cc1cnn2c(-c3cc(NC4COC4)c(-c4nnc([C@H]5CC[C@@H](NC(=O)O)CC5)s4)cn3)ccc2c1. The number of rotatable bonds is 6. The molecule has 3 N–H and O–H groups in total. The lowest BCUT2D eigenvalue weighted by molar-refractivity contribution is 0.0211. The summed E-state index contributed by atoms with van der Waals surface area (Å²) < 4.78 is 7.14. The van der Waals surface area contributed by atoms with E-state index in [2.05, 4.69) is 32.0 Å². The van der Waals surface area contributed by atoms with Gasteiger partial charge in [-0.2, -0.15) is 10.4 Å². The number of hydrogen-bond acceptors (Lipinski definition) is 9. The van der Waals surface area contributed by atoms with E-state index in [0.717, 1.165) is 63.9 Å². The van der Waals surface area contributed by atoms with E-state index >= 15 is 0 Å². The van der Waals surface area contributed by atoms with Gasteiger partial charge in [0.25, 0.3) is 0 Å². The second-order valence-corrected chi connectivity index (χ2v) is 10.4. The standard InChI is InChI=1S/C25H24N8O3S/c26-9-14-7-18-5-6-22(33(18)28-10-14)21-8-20(29-17-12-36-13-17)19(11-27-21)24-32-31-23(37-24)15-1-3-16(4-2-15)30-25(34)35/h5-8,10-11,15-17,30H,1-4,12-13H2,(H,27,29)(H,34,35)/t15-,16+. The van der Waals surface area contributed by atoms with Crippen molar-refractivity contribution in [2.75, 3.05) is 18.5 Å². The van der Waals surface area contributed by atoms with Gasteiger partial charge in [0.15, 0.2) is 5.01 Å². The molecule has 1 aliphatic heterocycles. The Bertz CT molecular complexity index is 1500. The highest BCUT2D eigenvalue weighted by atomic mass is 32.1. The number of amides is 1. The molecule has 0 atom stereocenters. The van der Waals surface area contributed by atoms with Crippen LogP contribution in [0.5, 0.6) is 0 Å². The molecule has 12 heteroatoms. The van der Waals surface area contributed by atoms with E-state index in [1.54, 1.807) is 28.1 Å². The molecule has 0 unspecified atom stereocenters. The number of nitrogens with zero attached hydrogens (tertiary/aromatic N) is 6. The zero-order valence-electron chi connectivity index (χ0n) is 19.8. The number of fused-ring (bicyclic) bond motifs is 1. The normalized spacial score (nSPS) is 19.8. The van der Waals surface area contributed by atoms with Crippen molar-refractivity contribution in [1.29, 1.82) is 5.26 Å². The summed E-state index contributed by atoms with van der Waals surface area (Å²) in [4.78, 5) is 15.7. The molecule has 1 aliphatic carbocycles. The number of aromatic nitrogens is 5. The van der Waals surface area contributed by atoms with Crippen molar-refractivity contribution in [3.8, 4) is 28.0 Å². The molecule has 2 fully saturated rings. The number of carboxylic acid groups (broad SMARTS) is 1. The molecule has 0 bridgehead atoms. The lowest BCUT2D eigenvalue weighted by Gasteiger charge is -2.28. The number of anilines is 1. The molecule has 4 aromatic rings. The minimum Gasteiger partial charge on any atom is -0.465 e. The van der Waals surface area contributed by atoms with Gasteiger partial charge < -0.3 is 20.5 Å². The number of ether oxygens (including phenoxy) is 1. The first-order chi connectivity index (χ1) is 18.1. The van der Waals surface area contributed by atoms with Gasteiger partial charge in [-0.05, 0) is 49.9 Å². The van der Waals surface area contributed by atoms with Gasteiger partial charge in [0.05, 0.1) is 53.5 Å². The minimum atomic E-state index is -0.967. The molecular formula is C25H24N8O3S. The van der Waals surface area contributed by atoms with Gasteiger partial charge in [-0.3, -0.25) is 4.98 Å². The first-order valence-corrected chi connectivity index (χ1v) is 12.9. The van der Waals surface area contributed by atoms with E-state index in [0.29, 0.717) is 18.8 Å². The van der Waals surface area contributed by atoms with Gasteiger partial charge in [0.2, 0.25) is 0 Å². The Labute approximate surface area is 216 Å². The highest BCUT2D eigenvalue weighted by molar-refractivity contribution is 7.14. The third-order valence-corrected chi connectivity index (χ3v) is 7.99. The van der Waals surface area contributed by atoms with Crippen LogP contribution in [0.4, 0.5) is 10.5 Å². The fraction of sp³-hybridized carbons (Fsp3) is 0.360. The Morgan fingerprint density at radius 1 is 1.14 bits per heavy atom. The van der Waals surface area contributed by atoms with Crippen LogP contribution < -0.4 is 10.6 Å². The first-order valence-electron chi connectivity index (χ1n) is 12.1. The van der Waals surface area contributed by atoms with Crippen LogP contribution in [0, 0.1) is 11.3 Å². The summed E-state index contributed by atoms with van der Waals surface area (Å²) in [6, 6.07) is 9.99. The number of nitriles is 1. The van der Waals surface area contributed by atoms with Gasteiger partial charge >= 0.3 is 6.09 Å². The second-order valence-electron chi connectivity index (χ2n) is 9.35. The van der Waals surface area contributed by atoms with Crippen molar-refractivity contribution in [2.45, 2.75) is 43.7 Å². The number of hydrogen-bond donors (Lipinski definition) is 3. The van der Waals surface area contributed by atoms with Gasteiger partial charge in [-0.1, -0.05) is 11.3 Å². The Balaban J connectivity index is 1.28.